The van der Waals surface area contributed by atoms with Crippen LogP contribution in [0.4, 0.5) is 13.2 Å². The van der Waals surface area contributed by atoms with Gasteiger partial charge in [0.25, 0.3) is 0 Å². The number of pyridine rings is 1. The van der Waals surface area contributed by atoms with Gasteiger partial charge in [-0.05, 0) is 30.5 Å². The number of hydrogen-bond donors (Lipinski definition) is 1. The molecule has 0 aliphatic rings. The number of benzene rings is 1. The van der Waals surface area contributed by atoms with Gasteiger partial charge in [-0.15, -0.1) is 0 Å². The van der Waals surface area contributed by atoms with E-state index in [1.54, 1.807) is 12.1 Å². The lowest BCUT2D eigenvalue weighted by molar-refractivity contribution is -0.153. The molecule has 0 bridgehead atoms. The Morgan fingerprint density at radius 2 is 2.00 bits per heavy atom. The van der Waals surface area contributed by atoms with Crippen LogP contribution in [0.15, 0.2) is 30.3 Å². The molecule has 1 heterocycles. The summed E-state index contributed by atoms with van der Waals surface area (Å²) < 4.78 is 41.8. The summed E-state index contributed by atoms with van der Waals surface area (Å²) >= 11 is 0. The van der Waals surface area contributed by atoms with Gasteiger partial charge in [-0.2, -0.15) is 13.2 Å². The minimum atomic E-state index is -4.38. The van der Waals surface area contributed by atoms with Gasteiger partial charge < -0.3 is 10.1 Å². The average Bonchev–Trinajstić information content (AvgIpc) is 2.44. The minimum absolute atomic E-state index is 0.0266. The highest BCUT2D eigenvalue weighted by Gasteiger charge is 2.29. The van der Waals surface area contributed by atoms with Crippen LogP contribution in [0.25, 0.3) is 10.8 Å². The topological polar surface area (TPSA) is 34.1 Å². The first kappa shape index (κ1) is 15.6. The molecule has 3 nitrogen and oxygen atoms in total. The molecule has 114 valence electrons. The van der Waals surface area contributed by atoms with Gasteiger partial charge in [0.05, 0.1) is 5.69 Å². The second-order valence-corrected chi connectivity index (χ2v) is 4.72. The molecule has 0 radical (unpaired) electrons. The Balaban J connectivity index is 2.27. The van der Waals surface area contributed by atoms with E-state index in [1.807, 2.05) is 25.1 Å². The van der Waals surface area contributed by atoms with Crippen molar-refractivity contribution in [1.29, 1.82) is 0 Å². The third kappa shape index (κ3) is 4.60. The maximum Gasteiger partial charge on any atom is 0.422 e. The van der Waals surface area contributed by atoms with Crippen LogP contribution in [0.2, 0.25) is 0 Å². The number of halogens is 3. The van der Waals surface area contributed by atoms with E-state index in [9.17, 15) is 13.2 Å². The van der Waals surface area contributed by atoms with E-state index >= 15 is 0 Å². The van der Waals surface area contributed by atoms with Crippen LogP contribution in [0, 0.1) is 0 Å². The van der Waals surface area contributed by atoms with Crippen molar-refractivity contribution in [3.05, 3.63) is 36.0 Å². The number of alkyl halides is 3. The number of rotatable bonds is 6. The molecule has 0 saturated heterocycles. The van der Waals surface area contributed by atoms with Gasteiger partial charge in [-0.25, -0.2) is 4.98 Å². The highest BCUT2D eigenvalue weighted by atomic mass is 19.4. The zero-order chi connectivity index (χ0) is 15.3. The molecule has 1 N–H and O–H groups in total. The van der Waals surface area contributed by atoms with Gasteiger partial charge in [-0.1, -0.05) is 25.1 Å². The highest BCUT2D eigenvalue weighted by molar-refractivity contribution is 5.87. The molecule has 2 aromatic rings. The van der Waals surface area contributed by atoms with Gasteiger partial charge >= 0.3 is 6.18 Å². The number of ether oxygens (including phenoxy) is 1. The zero-order valence-electron chi connectivity index (χ0n) is 11.7. The Labute approximate surface area is 121 Å². The fraction of sp³-hybridized carbons (Fsp3) is 0.400. The van der Waals surface area contributed by atoms with Crippen LogP contribution in [0.5, 0.6) is 5.88 Å². The fourth-order valence-corrected chi connectivity index (χ4v) is 1.96. The quantitative estimate of drug-likeness (QED) is 0.826. The summed E-state index contributed by atoms with van der Waals surface area (Å²) in [5.74, 6) is 0.0266. The van der Waals surface area contributed by atoms with Gasteiger partial charge in [0.15, 0.2) is 6.61 Å². The predicted octanol–water partition coefficient (Wildman–Crippen LogP) is 3.68. The summed E-state index contributed by atoms with van der Waals surface area (Å²) in [7, 11) is 0. The zero-order valence-corrected chi connectivity index (χ0v) is 11.7. The number of aromatic nitrogens is 1. The third-order valence-corrected chi connectivity index (χ3v) is 2.86. The van der Waals surface area contributed by atoms with Crippen molar-refractivity contribution < 1.29 is 17.9 Å². The molecular formula is C15H17F3N2O. The number of nitrogens with one attached hydrogen (secondary N) is 1. The SMILES string of the molecule is CCCNCc1cc2ccccc2c(OCC(F)(F)F)n1. The molecule has 1 aromatic heterocycles. The monoisotopic (exact) mass is 298 g/mol. The summed E-state index contributed by atoms with van der Waals surface area (Å²) in [4.78, 5) is 4.19. The average molecular weight is 298 g/mol. The standard InChI is InChI=1S/C15H17F3N2O/c1-2-7-19-9-12-8-11-5-3-4-6-13(11)14(20-12)21-10-15(16,17)18/h3-6,8,19H,2,7,9-10H2,1H3. The number of fused-ring (bicyclic) bond motifs is 1. The maximum atomic E-state index is 12.3. The van der Waals surface area contributed by atoms with Crippen LogP contribution in [-0.2, 0) is 6.54 Å². The van der Waals surface area contributed by atoms with Crippen molar-refractivity contribution in [3.8, 4) is 5.88 Å². The van der Waals surface area contributed by atoms with Crippen LogP contribution in [0.3, 0.4) is 0 Å². The second kappa shape index (κ2) is 6.76. The number of hydrogen-bond acceptors (Lipinski definition) is 3. The van der Waals surface area contributed by atoms with Crippen LogP contribution in [0.1, 0.15) is 19.0 Å². The Bertz CT molecular complexity index is 599. The Morgan fingerprint density at radius 1 is 1.24 bits per heavy atom. The van der Waals surface area contributed by atoms with Gasteiger partial charge in [0, 0.05) is 11.9 Å². The van der Waals surface area contributed by atoms with Crippen LogP contribution in [-0.4, -0.2) is 24.3 Å². The van der Waals surface area contributed by atoms with E-state index in [-0.39, 0.29) is 5.88 Å². The molecule has 0 aliphatic carbocycles. The van der Waals surface area contributed by atoms with E-state index in [0.717, 1.165) is 18.4 Å². The lowest BCUT2D eigenvalue weighted by Crippen LogP contribution is -2.20. The molecular weight excluding hydrogens is 281 g/mol. The first-order valence-corrected chi connectivity index (χ1v) is 6.78. The molecule has 2 rings (SSSR count). The van der Waals surface area contributed by atoms with E-state index in [4.69, 9.17) is 4.74 Å². The van der Waals surface area contributed by atoms with E-state index < -0.39 is 12.8 Å². The highest BCUT2D eigenvalue weighted by Crippen LogP contribution is 2.26. The maximum absolute atomic E-state index is 12.3. The van der Waals surface area contributed by atoms with Crippen LogP contribution >= 0.6 is 0 Å². The first-order valence-electron chi connectivity index (χ1n) is 6.78. The van der Waals surface area contributed by atoms with Crippen LogP contribution < -0.4 is 10.1 Å². The summed E-state index contributed by atoms with van der Waals surface area (Å²) in [5.41, 5.74) is 0.666. The molecule has 6 heteroatoms. The molecule has 0 fully saturated rings. The Morgan fingerprint density at radius 3 is 2.71 bits per heavy atom. The fourth-order valence-electron chi connectivity index (χ4n) is 1.96. The Kier molecular flexibility index (Phi) is 5.01. The lowest BCUT2D eigenvalue weighted by Gasteiger charge is -2.12. The smallest absolute Gasteiger partial charge is 0.422 e. The summed E-state index contributed by atoms with van der Waals surface area (Å²) in [5, 5.41) is 4.58. The molecule has 0 aliphatic heterocycles. The molecule has 21 heavy (non-hydrogen) atoms. The van der Waals surface area contributed by atoms with Crippen molar-refractivity contribution in [2.75, 3.05) is 13.2 Å². The second-order valence-electron chi connectivity index (χ2n) is 4.72. The van der Waals surface area contributed by atoms with Gasteiger partial charge in [0.1, 0.15) is 0 Å². The van der Waals surface area contributed by atoms with Crippen molar-refractivity contribution in [1.82, 2.24) is 10.3 Å². The lowest BCUT2D eigenvalue weighted by atomic mass is 10.1. The normalized spacial score (nSPS) is 11.8. The first-order chi connectivity index (χ1) is 9.99. The van der Waals surface area contributed by atoms with E-state index in [2.05, 4.69) is 10.3 Å². The number of nitrogens with zero attached hydrogens (tertiary/aromatic N) is 1. The van der Waals surface area contributed by atoms with Gasteiger partial charge in [-0.3, -0.25) is 0 Å². The largest absolute Gasteiger partial charge is 0.468 e. The minimum Gasteiger partial charge on any atom is -0.468 e. The molecule has 0 spiro atoms. The molecule has 1 aromatic carbocycles. The third-order valence-electron chi connectivity index (χ3n) is 2.86. The molecule has 0 saturated carbocycles. The predicted molar refractivity (Wildman–Crippen MR) is 75.3 cm³/mol. The van der Waals surface area contributed by atoms with Gasteiger partial charge in [0.2, 0.25) is 5.88 Å². The van der Waals surface area contributed by atoms with Crippen molar-refractivity contribution in [2.24, 2.45) is 0 Å². The summed E-state index contributed by atoms with van der Waals surface area (Å²) in [6.07, 6.45) is -3.40. The molecule has 0 unspecified atom stereocenters. The molecule has 0 atom stereocenters. The van der Waals surface area contributed by atoms with E-state index in [0.29, 0.717) is 17.6 Å². The molecule has 0 amide bonds. The van der Waals surface area contributed by atoms with Crippen molar-refractivity contribution >= 4 is 10.8 Å². The summed E-state index contributed by atoms with van der Waals surface area (Å²) in [6.45, 7) is 2.03. The van der Waals surface area contributed by atoms with Crippen molar-refractivity contribution in [3.63, 3.8) is 0 Å². The summed E-state index contributed by atoms with van der Waals surface area (Å²) in [6, 6.07) is 8.98. The van der Waals surface area contributed by atoms with E-state index in [1.165, 1.54) is 0 Å². The van der Waals surface area contributed by atoms with Crippen molar-refractivity contribution in [2.45, 2.75) is 26.1 Å². The Hall–Kier alpha value is -1.82.